The van der Waals surface area contributed by atoms with Crippen LogP contribution in [0.5, 0.6) is 0 Å². The van der Waals surface area contributed by atoms with Crippen LogP contribution < -0.4 is 0 Å². The average Bonchev–Trinajstić information content (AvgIpc) is 2.39. The van der Waals surface area contributed by atoms with Crippen LogP contribution in [0.25, 0.3) is 0 Å². The van der Waals surface area contributed by atoms with Crippen molar-refractivity contribution in [3.63, 3.8) is 0 Å². The van der Waals surface area contributed by atoms with E-state index in [9.17, 15) is 4.79 Å². The van der Waals surface area contributed by atoms with Gasteiger partial charge in [0.1, 0.15) is 6.10 Å². The molecule has 2 nitrogen and oxygen atoms in total. The minimum absolute atomic E-state index is 0.192. The number of carbonyl (C=O) groups is 1. The maximum absolute atomic E-state index is 11.8. The molecule has 0 aromatic heterocycles. The number of ether oxygens (including phenoxy) is 1. The molecule has 0 spiro atoms. The zero-order valence-corrected chi connectivity index (χ0v) is 12.6. The highest BCUT2D eigenvalue weighted by atomic mass is 16.5. The highest BCUT2D eigenvalue weighted by Crippen LogP contribution is 2.05. The van der Waals surface area contributed by atoms with Gasteiger partial charge in [-0.1, -0.05) is 61.4 Å². The number of allylic oxidation sites excluding steroid dienone is 3. The number of carbonyl (C=O) groups excluding carboxylic acids is 1. The third kappa shape index (κ3) is 6.93. The van der Waals surface area contributed by atoms with Crippen LogP contribution in [0.3, 0.4) is 0 Å². The quantitative estimate of drug-likeness (QED) is 0.541. The molecule has 0 aliphatic carbocycles. The van der Waals surface area contributed by atoms with E-state index in [-0.39, 0.29) is 12.1 Å². The summed E-state index contributed by atoms with van der Waals surface area (Å²) in [7, 11) is 0. The molecule has 20 heavy (non-hydrogen) atoms. The van der Waals surface area contributed by atoms with Gasteiger partial charge < -0.3 is 4.74 Å². The molecule has 1 aromatic carbocycles. The molecule has 0 fully saturated rings. The summed E-state index contributed by atoms with van der Waals surface area (Å²) in [4.78, 5) is 11.8. The van der Waals surface area contributed by atoms with Crippen molar-refractivity contribution < 1.29 is 9.53 Å². The van der Waals surface area contributed by atoms with Crippen molar-refractivity contribution in [2.45, 2.75) is 46.1 Å². The van der Waals surface area contributed by atoms with Gasteiger partial charge in [0.25, 0.3) is 0 Å². The van der Waals surface area contributed by atoms with Crippen molar-refractivity contribution in [1.29, 1.82) is 0 Å². The zero-order valence-electron chi connectivity index (χ0n) is 12.6. The molecule has 0 heterocycles. The van der Waals surface area contributed by atoms with E-state index in [1.54, 1.807) is 0 Å². The summed E-state index contributed by atoms with van der Waals surface area (Å²) in [6, 6.07) is 9.64. The van der Waals surface area contributed by atoms with E-state index in [1.807, 2.05) is 49.4 Å². The van der Waals surface area contributed by atoms with E-state index in [0.29, 0.717) is 6.42 Å². The van der Waals surface area contributed by atoms with E-state index in [2.05, 4.69) is 19.9 Å². The summed E-state index contributed by atoms with van der Waals surface area (Å²) >= 11 is 0. The predicted octanol–water partition coefficient (Wildman–Crippen LogP) is 4.46. The van der Waals surface area contributed by atoms with Gasteiger partial charge in [0.2, 0.25) is 0 Å². The Morgan fingerprint density at radius 3 is 2.65 bits per heavy atom. The lowest BCUT2D eigenvalue weighted by Gasteiger charge is -2.09. The van der Waals surface area contributed by atoms with Crippen LogP contribution in [0.1, 0.15) is 39.2 Å². The Kier molecular flexibility index (Phi) is 7.41. The first-order valence-electron chi connectivity index (χ1n) is 7.19. The van der Waals surface area contributed by atoms with Gasteiger partial charge >= 0.3 is 5.97 Å². The summed E-state index contributed by atoms with van der Waals surface area (Å²) in [5, 5.41) is 0. The normalized spacial score (nSPS) is 13.4. The first-order chi connectivity index (χ1) is 9.61. The summed E-state index contributed by atoms with van der Waals surface area (Å²) in [6.45, 7) is 6.15. The van der Waals surface area contributed by atoms with Crippen LogP contribution in [-0.4, -0.2) is 12.1 Å². The van der Waals surface area contributed by atoms with E-state index in [0.717, 1.165) is 18.4 Å². The maximum Gasteiger partial charge on any atom is 0.310 e. The Morgan fingerprint density at radius 1 is 1.30 bits per heavy atom. The third-order valence-electron chi connectivity index (χ3n) is 2.92. The molecule has 0 aliphatic rings. The molecule has 0 N–H and O–H groups in total. The molecule has 1 rings (SSSR count). The number of esters is 1. The van der Waals surface area contributed by atoms with Crippen LogP contribution >= 0.6 is 0 Å². The van der Waals surface area contributed by atoms with Gasteiger partial charge in [0.05, 0.1) is 6.42 Å². The fourth-order valence-corrected chi connectivity index (χ4v) is 1.90. The van der Waals surface area contributed by atoms with Gasteiger partial charge in [-0.3, -0.25) is 4.79 Å². The lowest BCUT2D eigenvalue weighted by Crippen LogP contribution is -2.14. The Labute approximate surface area is 122 Å². The molecule has 0 bridgehead atoms. The molecule has 2 heteroatoms. The van der Waals surface area contributed by atoms with Crippen LogP contribution in [0, 0.1) is 0 Å². The highest BCUT2D eigenvalue weighted by Gasteiger charge is 2.07. The molecular formula is C18H24O2. The number of benzene rings is 1. The molecule has 0 radical (unpaired) electrons. The van der Waals surface area contributed by atoms with E-state index < -0.39 is 0 Å². The molecule has 0 aliphatic heterocycles. The van der Waals surface area contributed by atoms with Crippen molar-refractivity contribution in [2.24, 2.45) is 0 Å². The molecule has 108 valence electrons. The summed E-state index contributed by atoms with van der Waals surface area (Å²) in [5.74, 6) is -0.192. The van der Waals surface area contributed by atoms with Gasteiger partial charge in [0, 0.05) is 0 Å². The first kappa shape index (κ1) is 16.2. The van der Waals surface area contributed by atoms with Gasteiger partial charge in [-0.2, -0.15) is 0 Å². The second-order valence-electron chi connectivity index (χ2n) is 5.01. The van der Waals surface area contributed by atoms with Crippen molar-refractivity contribution in [1.82, 2.24) is 0 Å². The second kappa shape index (κ2) is 9.13. The van der Waals surface area contributed by atoms with E-state index in [4.69, 9.17) is 4.74 Å². The summed E-state index contributed by atoms with van der Waals surface area (Å²) < 4.78 is 5.34. The van der Waals surface area contributed by atoms with E-state index >= 15 is 0 Å². The predicted molar refractivity (Wildman–Crippen MR) is 83.5 cm³/mol. The molecule has 1 unspecified atom stereocenters. The Morgan fingerprint density at radius 2 is 2.00 bits per heavy atom. The molecule has 1 atom stereocenters. The standard InChI is InChI=1S/C18H24O2/c1-4-9-15(2)10-8-11-16(3)20-18(19)14-17-12-6-5-7-13-17/h5-8,10-13,16H,4,9,14H2,1-3H3/b11-8+,15-10+. The fraction of sp³-hybridized carbons (Fsp3) is 0.389. The lowest BCUT2D eigenvalue weighted by atomic mass is 10.1. The number of hydrogen-bond donors (Lipinski definition) is 0. The summed E-state index contributed by atoms with van der Waals surface area (Å²) in [6.07, 6.45) is 8.32. The molecule has 0 saturated heterocycles. The second-order valence-corrected chi connectivity index (χ2v) is 5.01. The molecule has 1 aromatic rings. The van der Waals surface area contributed by atoms with E-state index in [1.165, 1.54) is 5.57 Å². The monoisotopic (exact) mass is 272 g/mol. The largest absolute Gasteiger partial charge is 0.458 e. The first-order valence-corrected chi connectivity index (χ1v) is 7.19. The van der Waals surface area contributed by atoms with Gasteiger partial charge in [-0.05, 0) is 31.9 Å². The van der Waals surface area contributed by atoms with Crippen LogP contribution in [0.4, 0.5) is 0 Å². The molecular weight excluding hydrogens is 248 g/mol. The van der Waals surface area contributed by atoms with Crippen molar-refractivity contribution in [3.8, 4) is 0 Å². The summed E-state index contributed by atoms with van der Waals surface area (Å²) in [5.41, 5.74) is 2.32. The topological polar surface area (TPSA) is 26.3 Å². The van der Waals surface area contributed by atoms with Crippen molar-refractivity contribution in [3.05, 3.63) is 59.7 Å². The maximum atomic E-state index is 11.8. The minimum atomic E-state index is -0.197. The van der Waals surface area contributed by atoms with Gasteiger partial charge in [-0.25, -0.2) is 0 Å². The fourth-order valence-electron chi connectivity index (χ4n) is 1.90. The third-order valence-corrected chi connectivity index (χ3v) is 2.92. The number of hydrogen-bond acceptors (Lipinski definition) is 2. The van der Waals surface area contributed by atoms with Crippen LogP contribution in [0.2, 0.25) is 0 Å². The Balaban J connectivity index is 2.38. The van der Waals surface area contributed by atoms with Crippen molar-refractivity contribution >= 4 is 5.97 Å². The lowest BCUT2D eigenvalue weighted by molar-refractivity contribution is -0.145. The van der Waals surface area contributed by atoms with Gasteiger partial charge in [-0.15, -0.1) is 0 Å². The highest BCUT2D eigenvalue weighted by molar-refractivity contribution is 5.72. The van der Waals surface area contributed by atoms with Crippen molar-refractivity contribution in [2.75, 3.05) is 0 Å². The number of rotatable bonds is 7. The molecule has 0 saturated carbocycles. The van der Waals surface area contributed by atoms with Crippen LogP contribution in [0.15, 0.2) is 54.1 Å². The van der Waals surface area contributed by atoms with Crippen LogP contribution in [-0.2, 0) is 16.0 Å². The van der Waals surface area contributed by atoms with Gasteiger partial charge in [0.15, 0.2) is 0 Å². The minimum Gasteiger partial charge on any atom is -0.458 e. The Hall–Kier alpha value is -1.83. The molecule has 0 amide bonds. The Bertz CT molecular complexity index is 458. The average molecular weight is 272 g/mol. The zero-order chi connectivity index (χ0) is 14.8. The smallest absolute Gasteiger partial charge is 0.310 e. The SMILES string of the molecule is CCC/C(C)=C/C=C/C(C)OC(=O)Cc1ccccc1.